The lowest BCUT2D eigenvalue weighted by molar-refractivity contribution is -0.145. The number of aromatic nitrogens is 2. The molecule has 0 saturated heterocycles. The van der Waals surface area contributed by atoms with Gasteiger partial charge in [0.2, 0.25) is 0 Å². The zero-order valence-electron chi connectivity index (χ0n) is 17.2. The molecular weight excluding hydrogens is 428 g/mol. The summed E-state index contributed by atoms with van der Waals surface area (Å²) < 4.78 is 10.6. The molecule has 7 nitrogen and oxygen atoms in total. The molecule has 0 aliphatic carbocycles. The number of para-hydroxylation sites is 2. The first-order chi connectivity index (χ1) is 15.5. The van der Waals surface area contributed by atoms with Crippen LogP contribution in [0.5, 0.6) is 5.75 Å². The SMILES string of the molecule is CCOC(=O)COc1ccc2ccccc2c1/C=C(\Sc1nc2ccccc2[nH]1)C(=O)O. The topological polar surface area (TPSA) is 102 Å². The molecular formula is C24H20N2O5S. The Hall–Kier alpha value is -3.78. The number of carbonyl (C=O) groups is 2. The maximum Gasteiger partial charge on any atom is 0.344 e. The summed E-state index contributed by atoms with van der Waals surface area (Å²) in [5.74, 6) is -1.20. The summed E-state index contributed by atoms with van der Waals surface area (Å²) in [6.07, 6.45) is 1.54. The number of benzene rings is 3. The number of carboxylic acid groups (broad SMARTS) is 1. The highest BCUT2D eigenvalue weighted by Crippen LogP contribution is 2.34. The Morgan fingerprint density at radius 2 is 1.88 bits per heavy atom. The van der Waals surface area contributed by atoms with Gasteiger partial charge in [-0.3, -0.25) is 0 Å². The van der Waals surface area contributed by atoms with Gasteiger partial charge in [0.25, 0.3) is 0 Å². The van der Waals surface area contributed by atoms with Gasteiger partial charge in [-0.2, -0.15) is 0 Å². The minimum Gasteiger partial charge on any atom is -0.481 e. The van der Waals surface area contributed by atoms with Crippen LogP contribution >= 0.6 is 11.8 Å². The van der Waals surface area contributed by atoms with E-state index >= 15 is 0 Å². The van der Waals surface area contributed by atoms with Gasteiger partial charge in [-0.15, -0.1) is 0 Å². The number of carboxylic acids is 1. The molecule has 1 aromatic heterocycles. The maximum absolute atomic E-state index is 12.1. The van der Waals surface area contributed by atoms with Gasteiger partial charge in [-0.25, -0.2) is 14.6 Å². The van der Waals surface area contributed by atoms with E-state index < -0.39 is 11.9 Å². The number of rotatable bonds is 8. The van der Waals surface area contributed by atoms with Crippen LogP contribution < -0.4 is 4.74 Å². The number of aliphatic carboxylic acids is 1. The van der Waals surface area contributed by atoms with E-state index in [2.05, 4.69) is 9.97 Å². The summed E-state index contributed by atoms with van der Waals surface area (Å²) in [7, 11) is 0. The minimum absolute atomic E-state index is 0.0568. The standard InChI is InChI=1S/C24H20N2O5S/c1-2-30-22(27)14-31-20-12-11-15-7-3-4-8-16(15)17(20)13-21(23(28)29)32-24-25-18-9-5-6-10-19(18)26-24/h3-13H,2,14H2,1H3,(H,25,26)(H,28,29)/b21-13-. The number of aromatic amines is 1. The Morgan fingerprint density at radius 1 is 1.09 bits per heavy atom. The van der Waals surface area contributed by atoms with Crippen molar-refractivity contribution in [2.75, 3.05) is 13.2 Å². The molecule has 0 bridgehead atoms. The van der Waals surface area contributed by atoms with Gasteiger partial charge in [0.05, 0.1) is 17.6 Å². The summed E-state index contributed by atoms with van der Waals surface area (Å²) in [5.41, 5.74) is 2.14. The van der Waals surface area contributed by atoms with Crippen molar-refractivity contribution < 1.29 is 24.2 Å². The van der Waals surface area contributed by atoms with Crippen molar-refractivity contribution in [3.8, 4) is 5.75 Å². The molecule has 0 spiro atoms. The maximum atomic E-state index is 12.1. The van der Waals surface area contributed by atoms with Crippen LogP contribution in [0.25, 0.3) is 27.9 Å². The Labute approximate surface area is 188 Å². The average molecular weight is 449 g/mol. The third-order valence-corrected chi connectivity index (χ3v) is 5.54. The van der Waals surface area contributed by atoms with Crippen molar-refractivity contribution in [1.29, 1.82) is 0 Å². The number of ether oxygens (including phenoxy) is 2. The van der Waals surface area contributed by atoms with E-state index in [9.17, 15) is 14.7 Å². The second kappa shape index (κ2) is 9.57. The van der Waals surface area contributed by atoms with Gasteiger partial charge >= 0.3 is 11.9 Å². The van der Waals surface area contributed by atoms with Crippen LogP contribution in [0.3, 0.4) is 0 Å². The quantitative estimate of drug-likeness (QED) is 0.225. The Balaban J connectivity index is 1.74. The molecule has 3 aromatic carbocycles. The van der Waals surface area contributed by atoms with Crippen LogP contribution in [-0.4, -0.2) is 40.2 Å². The summed E-state index contributed by atoms with van der Waals surface area (Å²) in [6.45, 7) is 1.70. The van der Waals surface area contributed by atoms with Crippen LogP contribution in [0.15, 0.2) is 70.7 Å². The first kappa shape index (κ1) is 21.5. The Bertz CT molecular complexity index is 1300. The van der Waals surface area contributed by atoms with Crippen molar-refractivity contribution >= 4 is 51.6 Å². The number of nitrogens with zero attached hydrogens (tertiary/aromatic N) is 1. The van der Waals surface area contributed by atoms with E-state index in [4.69, 9.17) is 9.47 Å². The molecule has 2 N–H and O–H groups in total. The van der Waals surface area contributed by atoms with E-state index in [1.807, 2.05) is 54.6 Å². The van der Waals surface area contributed by atoms with Crippen molar-refractivity contribution in [2.24, 2.45) is 0 Å². The van der Waals surface area contributed by atoms with Crippen LogP contribution in [-0.2, 0) is 14.3 Å². The first-order valence-corrected chi connectivity index (χ1v) is 10.7. The highest BCUT2D eigenvalue weighted by atomic mass is 32.2. The number of thioether (sulfide) groups is 1. The Morgan fingerprint density at radius 3 is 2.66 bits per heavy atom. The number of hydrogen-bond donors (Lipinski definition) is 2. The Kier molecular flexibility index (Phi) is 6.42. The number of esters is 1. The summed E-state index contributed by atoms with van der Waals surface area (Å²) in [6, 6.07) is 18.6. The van der Waals surface area contributed by atoms with E-state index in [-0.39, 0.29) is 18.1 Å². The van der Waals surface area contributed by atoms with Crippen molar-refractivity contribution in [2.45, 2.75) is 12.1 Å². The third kappa shape index (κ3) is 4.76. The third-order valence-electron chi connectivity index (χ3n) is 4.64. The van der Waals surface area contributed by atoms with Crippen LogP contribution in [0, 0.1) is 0 Å². The van der Waals surface area contributed by atoms with Gasteiger partial charge in [0, 0.05) is 5.56 Å². The highest BCUT2D eigenvalue weighted by molar-refractivity contribution is 8.04. The lowest BCUT2D eigenvalue weighted by Gasteiger charge is -2.12. The van der Waals surface area contributed by atoms with Gasteiger partial charge in [-0.1, -0.05) is 42.5 Å². The summed E-state index contributed by atoms with van der Waals surface area (Å²) >= 11 is 1.01. The molecule has 0 aliphatic heterocycles. The fraction of sp³-hybridized carbons (Fsp3) is 0.125. The van der Waals surface area contributed by atoms with E-state index in [1.54, 1.807) is 19.1 Å². The molecule has 1 heterocycles. The van der Waals surface area contributed by atoms with Gasteiger partial charge in [-0.05, 0) is 53.7 Å². The molecule has 162 valence electrons. The van der Waals surface area contributed by atoms with E-state index in [0.717, 1.165) is 33.6 Å². The highest BCUT2D eigenvalue weighted by Gasteiger charge is 2.17. The van der Waals surface area contributed by atoms with Gasteiger partial charge < -0.3 is 19.6 Å². The van der Waals surface area contributed by atoms with Gasteiger partial charge in [0.1, 0.15) is 10.7 Å². The molecule has 4 aromatic rings. The van der Waals surface area contributed by atoms with Crippen molar-refractivity contribution in [1.82, 2.24) is 9.97 Å². The number of fused-ring (bicyclic) bond motifs is 2. The van der Waals surface area contributed by atoms with Crippen molar-refractivity contribution in [3.05, 3.63) is 71.1 Å². The molecule has 0 radical (unpaired) electrons. The molecule has 0 fully saturated rings. The predicted octanol–water partition coefficient (Wildman–Crippen LogP) is 4.88. The largest absolute Gasteiger partial charge is 0.481 e. The molecule has 0 unspecified atom stereocenters. The van der Waals surface area contributed by atoms with Crippen LogP contribution in [0.1, 0.15) is 12.5 Å². The second-order valence-corrected chi connectivity index (χ2v) is 7.80. The normalized spacial score (nSPS) is 11.6. The molecule has 8 heteroatoms. The molecule has 0 saturated carbocycles. The number of imidazole rings is 1. The first-order valence-electron chi connectivity index (χ1n) is 9.93. The predicted molar refractivity (Wildman–Crippen MR) is 124 cm³/mol. The smallest absolute Gasteiger partial charge is 0.344 e. The lowest BCUT2D eigenvalue weighted by atomic mass is 10.0. The molecule has 0 atom stereocenters. The van der Waals surface area contributed by atoms with E-state index in [0.29, 0.717) is 16.5 Å². The zero-order chi connectivity index (χ0) is 22.5. The molecule has 32 heavy (non-hydrogen) atoms. The zero-order valence-corrected chi connectivity index (χ0v) is 18.0. The number of hydrogen-bond acceptors (Lipinski definition) is 6. The fourth-order valence-electron chi connectivity index (χ4n) is 3.24. The second-order valence-electron chi connectivity index (χ2n) is 6.77. The monoisotopic (exact) mass is 448 g/mol. The molecule has 0 amide bonds. The van der Waals surface area contributed by atoms with Gasteiger partial charge in [0.15, 0.2) is 11.8 Å². The minimum atomic E-state index is -1.10. The number of nitrogens with one attached hydrogen (secondary N) is 1. The van der Waals surface area contributed by atoms with Crippen LogP contribution in [0.4, 0.5) is 0 Å². The van der Waals surface area contributed by atoms with Crippen molar-refractivity contribution in [3.63, 3.8) is 0 Å². The lowest BCUT2D eigenvalue weighted by Crippen LogP contribution is -2.15. The summed E-state index contributed by atoms with van der Waals surface area (Å²) in [5, 5.41) is 12.1. The molecule has 0 aliphatic rings. The average Bonchev–Trinajstić information content (AvgIpc) is 3.20. The van der Waals surface area contributed by atoms with E-state index in [1.165, 1.54) is 0 Å². The summed E-state index contributed by atoms with van der Waals surface area (Å²) in [4.78, 5) is 31.5. The number of H-pyrrole nitrogens is 1. The molecule has 4 rings (SSSR count). The van der Waals surface area contributed by atoms with Crippen LogP contribution in [0.2, 0.25) is 0 Å². The number of carbonyl (C=O) groups excluding carboxylic acids is 1. The fourth-order valence-corrected chi connectivity index (χ4v) is 4.01.